The molecule has 4 N–H and O–H groups in total. The monoisotopic (exact) mass is 381 g/mol. The molecule has 1 aliphatic carbocycles. The van der Waals surface area contributed by atoms with Gasteiger partial charge in [0, 0.05) is 29.8 Å². The maximum absolute atomic E-state index is 13.3. The Balaban J connectivity index is 2.07. The highest BCUT2D eigenvalue weighted by atomic mass is 16.4. The maximum Gasteiger partial charge on any atom is 0.294 e. The largest absolute Gasteiger partial charge is 0.455 e. The predicted molar refractivity (Wildman–Crippen MR) is 112 cm³/mol. The fraction of sp³-hybridized carbons (Fsp3) is 0.381. The quantitative estimate of drug-likeness (QED) is 0.481. The highest BCUT2D eigenvalue weighted by Crippen LogP contribution is 2.39. The molecule has 2 aromatic rings. The van der Waals surface area contributed by atoms with E-state index in [2.05, 4.69) is 24.1 Å². The van der Waals surface area contributed by atoms with Crippen molar-refractivity contribution in [2.24, 2.45) is 27.1 Å². The van der Waals surface area contributed by atoms with E-state index in [9.17, 15) is 4.79 Å². The Bertz CT molecular complexity index is 937. The van der Waals surface area contributed by atoms with Crippen LogP contribution in [0.4, 0.5) is 5.69 Å². The van der Waals surface area contributed by atoms with Crippen molar-refractivity contribution < 1.29 is 9.21 Å². The molecule has 1 aliphatic rings. The van der Waals surface area contributed by atoms with Crippen molar-refractivity contribution in [3.8, 4) is 0 Å². The molecule has 148 valence electrons. The van der Waals surface area contributed by atoms with Gasteiger partial charge in [0.05, 0.1) is 5.71 Å². The van der Waals surface area contributed by atoms with Gasteiger partial charge in [0.15, 0.2) is 5.76 Å². The first-order valence-electron chi connectivity index (χ1n) is 9.38. The molecule has 0 spiro atoms. The van der Waals surface area contributed by atoms with Gasteiger partial charge in [0.2, 0.25) is 5.96 Å². The number of carbonyl (C=O) groups excluding carboxylic acids is 1. The number of benzene rings is 1. The molecule has 7 heteroatoms. The third-order valence-corrected chi connectivity index (χ3v) is 4.90. The Kier molecular flexibility index (Phi) is 5.27. The summed E-state index contributed by atoms with van der Waals surface area (Å²) in [6.07, 6.45) is 1.41. The topological polar surface area (TPSA) is 110 Å². The third kappa shape index (κ3) is 3.78. The summed E-state index contributed by atoms with van der Waals surface area (Å²) in [7, 11) is 0. The predicted octanol–water partition coefficient (Wildman–Crippen LogP) is 3.20. The SMILES string of the molecule is CCN(C(=O)c1oc2c(c1C)/C(=N\N=C(N)N)CC(C)(C)C2)c1ccccc1. The number of fused-ring (bicyclic) bond motifs is 1. The highest BCUT2D eigenvalue weighted by Gasteiger charge is 2.37. The van der Waals surface area contributed by atoms with Crippen molar-refractivity contribution in [1.29, 1.82) is 0 Å². The van der Waals surface area contributed by atoms with Gasteiger partial charge in [-0.15, -0.1) is 5.10 Å². The Hall–Kier alpha value is -3.09. The number of para-hydroxylation sites is 1. The molecule has 0 radical (unpaired) electrons. The summed E-state index contributed by atoms with van der Waals surface area (Å²) < 4.78 is 6.09. The Morgan fingerprint density at radius 2 is 1.89 bits per heavy atom. The van der Waals surface area contributed by atoms with Crippen LogP contribution in [0.1, 0.15) is 54.6 Å². The molecular weight excluding hydrogens is 354 g/mol. The van der Waals surface area contributed by atoms with Gasteiger partial charge < -0.3 is 20.8 Å². The average molecular weight is 381 g/mol. The molecule has 1 amide bonds. The first kappa shape index (κ1) is 19.7. The molecule has 0 bridgehead atoms. The van der Waals surface area contributed by atoms with E-state index >= 15 is 0 Å². The molecular formula is C21H27N5O2. The number of nitrogens with two attached hydrogens (primary N) is 2. The van der Waals surface area contributed by atoms with Gasteiger partial charge in [-0.25, -0.2) is 0 Å². The van der Waals surface area contributed by atoms with Crippen molar-refractivity contribution in [3.05, 3.63) is 53.0 Å². The first-order valence-corrected chi connectivity index (χ1v) is 9.38. The van der Waals surface area contributed by atoms with Gasteiger partial charge in [-0.3, -0.25) is 4.79 Å². The Morgan fingerprint density at radius 3 is 2.50 bits per heavy atom. The molecule has 0 atom stereocenters. The van der Waals surface area contributed by atoms with Gasteiger partial charge in [-0.1, -0.05) is 32.0 Å². The lowest BCUT2D eigenvalue weighted by Gasteiger charge is -2.29. The van der Waals surface area contributed by atoms with Crippen molar-refractivity contribution in [2.45, 2.75) is 40.5 Å². The number of guanidine groups is 1. The van der Waals surface area contributed by atoms with Crippen LogP contribution in [0.5, 0.6) is 0 Å². The third-order valence-electron chi connectivity index (χ3n) is 4.90. The second-order valence-corrected chi connectivity index (χ2v) is 7.83. The molecule has 0 saturated heterocycles. The highest BCUT2D eigenvalue weighted by molar-refractivity contribution is 6.10. The molecule has 28 heavy (non-hydrogen) atoms. The summed E-state index contributed by atoms with van der Waals surface area (Å²) in [6, 6.07) is 9.57. The zero-order valence-corrected chi connectivity index (χ0v) is 16.8. The number of amides is 1. The molecule has 0 fully saturated rings. The number of anilines is 1. The molecule has 1 heterocycles. The van der Waals surface area contributed by atoms with E-state index in [0.29, 0.717) is 18.7 Å². The van der Waals surface area contributed by atoms with E-state index in [1.165, 1.54) is 0 Å². The summed E-state index contributed by atoms with van der Waals surface area (Å²) in [5, 5.41) is 8.08. The van der Waals surface area contributed by atoms with E-state index in [1.807, 2.05) is 44.2 Å². The van der Waals surface area contributed by atoms with Crippen LogP contribution in [0, 0.1) is 12.3 Å². The van der Waals surface area contributed by atoms with Gasteiger partial charge >= 0.3 is 0 Å². The second-order valence-electron chi connectivity index (χ2n) is 7.83. The van der Waals surface area contributed by atoms with Crippen LogP contribution in [0.3, 0.4) is 0 Å². The lowest BCUT2D eigenvalue weighted by Crippen LogP contribution is -2.30. The van der Waals surface area contributed by atoms with Crippen molar-refractivity contribution in [2.75, 3.05) is 11.4 Å². The maximum atomic E-state index is 13.3. The van der Waals surface area contributed by atoms with Crippen molar-refractivity contribution >= 4 is 23.3 Å². The first-order chi connectivity index (χ1) is 13.2. The van der Waals surface area contributed by atoms with E-state index < -0.39 is 0 Å². The molecule has 0 aliphatic heterocycles. The van der Waals surface area contributed by atoms with Crippen LogP contribution in [-0.4, -0.2) is 24.1 Å². The van der Waals surface area contributed by atoms with E-state index in [4.69, 9.17) is 15.9 Å². The Labute approximate surface area is 165 Å². The molecule has 3 rings (SSSR count). The minimum absolute atomic E-state index is 0.0702. The van der Waals surface area contributed by atoms with Crippen LogP contribution in [0.15, 0.2) is 45.0 Å². The summed E-state index contributed by atoms with van der Waals surface area (Å²) >= 11 is 0. The van der Waals surface area contributed by atoms with Crippen molar-refractivity contribution in [3.63, 3.8) is 0 Å². The lowest BCUT2D eigenvalue weighted by molar-refractivity contribution is 0.0958. The Morgan fingerprint density at radius 1 is 1.21 bits per heavy atom. The normalized spacial score (nSPS) is 16.5. The zero-order chi connectivity index (χ0) is 20.5. The number of hydrogen-bond donors (Lipinski definition) is 2. The number of furan rings is 1. The van der Waals surface area contributed by atoms with E-state index in [1.54, 1.807) is 4.90 Å². The van der Waals surface area contributed by atoms with Crippen LogP contribution in [-0.2, 0) is 6.42 Å². The van der Waals surface area contributed by atoms with Crippen molar-refractivity contribution in [1.82, 2.24) is 0 Å². The molecule has 0 saturated carbocycles. The summed E-state index contributed by atoms with van der Waals surface area (Å²) in [4.78, 5) is 15.0. The fourth-order valence-electron chi connectivity index (χ4n) is 3.70. The smallest absolute Gasteiger partial charge is 0.294 e. The van der Waals surface area contributed by atoms with Crippen LogP contribution >= 0.6 is 0 Å². The summed E-state index contributed by atoms with van der Waals surface area (Å²) in [5.74, 6) is 0.826. The zero-order valence-electron chi connectivity index (χ0n) is 16.8. The molecule has 1 aromatic heterocycles. The standard InChI is InChI=1S/C21H27N5O2/c1-5-26(14-9-7-6-8-10-14)19(27)18-13(2)17-15(24-25-20(22)23)11-21(3,4)12-16(17)28-18/h6-10H,5,11-12H2,1-4H3,(H4,22,23,25)/b24-15-. The summed E-state index contributed by atoms with van der Waals surface area (Å²) in [6.45, 7) is 8.62. The van der Waals surface area contributed by atoms with E-state index in [-0.39, 0.29) is 17.3 Å². The molecule has 0 unspecified atom stereocenters. The number of carbonyl (C=O) groups is 1. The molecule has 1 aromatic carbocycles. The number of hydrogen-bond acceptors (Lipinski definition) is 4. The second kappa shape index (κ2) is 7.50. The minimum Gasteiger partial charge on any atom is -0.455 e. The average Bonchev–Trinajstić information content (AvgIpc) is 2.96. The number of nitrogens with zero attached hydrogens (tertiary/aromatic N) is 3. The van der Waals surface area contributed by atoms with Gasteiger partial charge in [-0.2, -0.15) is 5.10 Å². The van der Waals surface area contributed by atoms with Gasteiger partial charge in [-0.05, 0) is 37.8 Å². The van der Waals surface area contributed by atoms with Crippen LogP contribution < -0.4 is 16.4 Å². The van der Waals surface area contributed by atoms with Crippen LogP contribution in [0.25, 0.3) is 0 Å². The lowest BCUT2D eigenvalue weighted by atomic mass is 9.75. The molecule has 7 nitrogen and oxygen atoms in total. The van der Waals surface area contributed by atoms with Crippen LogP contribution in [0.2, 0.25) is 0 Å². The number of rotatable bonds is 4. The van der Waals surface area contributed by atoms with Gasteiger partial charge in [0.1, 0.15) is 5.76 Å². The fourth-order valence-corrected chi connectivity index (χ4v) is 3.70. The minimum atomic E-state index is -0.167. The van der Waals surface area contributed by atoms with Gasteiger partial charge in [0.25, 0.3) is 5.91 Å². The van der Waals surface area contributed by atoms with E-state index in [0.717, 1.165) is 34.7 Å². The summed E-state index contributed by atoms with van der Waals surface area (Å²) in [5.41, 5.74) is 14.0.